The third kappa shape index (κ3) is 7.48. The van der Waals surface area contributed by atoms with Crippen LogP contribution in [0.4, 0.5) is 0 Å². The molecule has 7 heteroatoms. The molecule has 0 bridgehead atoms. The normalized spacial score (nSPS) is 14.3. The van der Waals surface area contributed by atoms with Crippen LogP contribution in [0, 0.1) is 5.92 Å². The first-order valence-electron chi connectivity index (χ1n) is 12.0. The predicted octanol–water partition coefficient (Wildman–Crippen LogP) is 5.73. The van der Waals surface area contributed by atoms with Gasteiger partial charge in [0.05, 0.1) is 18.8 Å². The van der Waals surface area contributed by atoms with Crippen LogP contribution >= 0.6 is 7.60 Å². The average Bonchev–Trinajstić information content (AvgIpc) is 2.75. The van der Waals surface area contributed by atoms with Crippen molar-refractivity contribution in [1.82, 2.24) is 0 Å². The summed E-state index contributed by atoms with van der Waals surface area (Å²) in [6.07, 6.45) is 1.20. The van der Waals surface area contributed by atoms with Crippen molar-refractivity contribution in [3.05, 3.63) is 72.6 Å². The highest BCUT2D eigenvalue weighted by molar-refractivity contribution is 7.57. The number of hydrogen-bond donors (Lipinski definition) is 1. The Labute approximate surface area is 206 Å². The second kappa shape index (κ2) is 12.4. The Bertz CT molecular complexity index is 885. The van der Waals surface area contributed by atoms with Crippen LogP contribution in [0.5, 0.6) is 0 Å². The van der Waals surface area contributed by atoms with Gasteiger partial charge < -0.3 is 18.6 Å². The fourth-order valence-electron chi connectivity index (χ4n) is 4.07. The number of benzene rings is 2. The molecule has 0 spiro atoms. The molecule has 0 saturated carbocycles. The summed E-state index contributed by atoms with van der Waals surface area (Å²) in [7, 11) is -6.18. The van der Waals surface area contributed by atoms with Crippen LogP contribution in [-0.2, 0) is 18.0 Å². The van der Waals surface area contributed by atoms with Crippen LogP contribution in [-0.4, -0.2) is 38.8 Å². The summed E-state index contributed by atoms with van der Waals surface area (Å²) in [5, 5.41) is 12.3. The van der Waals surface area contributed by atoms with E-state index in [0.29, 0.717) is 0 Å². The van der Waals surface area contributed by atoms with Crippen molar-refractivity contribution < 1.29 is 23.1 Å². The lowest BCUT2D eigenvalue weighted by Gasteiger charge is -2.43. The van der Waals surface area contributed by atoms with E-state index in [1.807, 2.05) is 64.1 Å². The lowest BCUT2D eigenvalue weighted by molar-refractivity contribution is 0.149. The molecule has 0 aliphatic rings. The highest BCUT2D eigenvalue weighted by Gasteiger charge is 2.50. The molecule has 5 nitrogen and oxygen atoms in total. The first-order valence-corrected chi connectivity index (χ1v) is 15.5. The van der Waals surface area contributed by atoms with Gasteiger partial charge in [0.15, 0.2) is 0 Å². The molecular weight excluding hydrogens is 463 g/mol. The molecule has 2 aromatic carbocycles. The summed E-state index contributed by atoms with van der Waals surface area (Å²) in [6.45, 7) is 14.1. The van der Waals surface area contributed by atoms with Crippen molar-refractivity contribution in [3.8, 4) is 0 Å². The summed E-state index contributed by atoms with van der Waals surface area (Å²) >= 11 is 0. The lowest BCUT2D eigenvalue weighted by Crippen LogP contribution is -2.66. The monoisotopic (exact) mass is 504 g/mol. The van der Waals surface area contributed by atoms with Crippen LogP contribution in [0.3, 0.4) is 0 Å². The van der Waals surface area contributed by atoms with Crippen LogP contribution in [0.1, 0.15) is 48.5 Å². The first-order chi connectivity index (χ1) is 15.9. The molecule has 0 fully saturated rings. The molecule has 188 valence electrons. The van der Waals surface area contributed by atoms with E-state index in [1.54, 1.807) is 6.08 Å². The van der Waals surface area contributed by atoms with Gasteiger partial charge in [-0.25, -0.2) is 0 Å². The summed E-state index contributed by atoms with van der Waals surface area (Å²) in [6, 6.07) is 20.7. The summed E-state index contributed by atoms with van der Waals surface area (Å²) in [5.41, 5.74) is 0. The Morgan fingerprint density at radius 2 is 1.32 bits per heavy atom. The molecule has 0 aliphatic heterocycles. The predicted molar refractivity (Wildman–Crippen MR) is 143 cm³/mol. The Balaban J connectivity index is 2.42. The van der Waals surface area contributed by atoms with Crippen LogP contribution < -0.4 is 10.4 Å². The topological polar surface area (TPSA) is 65.0 Å². The fourth-order valence-corrected chi connectivity index (χ4v) is 10.5. The van der Waals surface area contributed by atoms with Crippen molar-refractivity contribution >= 4 is 26.3 Å². The minimum absolute atomic E-state index is 0.141. The van der Waals surface area contributed by atoms with Crippen molar-refractivity contribution in [2.75, 3.05) is 13.2 Å². The number of hydrogen-bond acceptors (Lipinski definition) is 5. The second-order valence-corrected chi connectivity index (χ2v) is 16.2. The smallest absolute Gasteiger partial charge is 0.354 e. The molecule has 1 N–H and O–H groups in total. The molecule has 1 atom stereocenters. The van der Waals surface area contributed by atoms with Gasteiger partial charge in [0.1, 0.15) is 0 Å². The maximum absolute atomic E-state index is 13.2. The second-order valence-electron chi connectivity index (χ2n) is 10.1. The van der Waals surface area contributed by atoms with E-state index in [-0.39, 0.29) is 36.4 Å². The minimum Gasteiger partial charge on any atom is -0.407 e. The molecule has 0 radical (unpaired) electrons. The Hall–Kier alpha value is -1.53. The van der Waals surface area contributed by atoms with Gasteiger partial charge in [-0.05, 0) is 43.1 Å². The molecule has 1 unspecified atom stereocenters. The molecule has 0 saturated heterocycles. The molecular formula is C27H41O5PSi. The van der Waals surface area contributed by atoms with Crippen LogP contribution in [0.2, 0.25) is 5.04 Å². The highest BCUT2D eigenvalue weighted by atomic mass is 31.2. The zero-order valence-electron chi connectivity index (χ0n) is 21.6. The largest absolute Gasteiger partial charge is 0.407 e. The number of rotatable bonds is 12. The Morgan fingerprint density at radius 1 is 0.882 bits per heavy atom. The van der Waals surface area contributed by atoms with Crippen LogP contribution in [0.25, 0.3) is 0 Å². The van der Waals surface area contributed by atoms with E-state index in [9.17, 15) is 9.67 Å². The van der Waals surface area contributed by atoms with E-state index in [1.165, 1.54) is 16.2 Å². The lowest BCUT2D eigenvalue weighted by atomic mass is 10.2. The third-order valence-electron chi connectivity index (χ3n) is 5.42. The first kappa shape index (κ1) is 28.7. The minimum atomic E-state index is -3.45. The van der Waals surface area contributed by atoms with Crippen molar-refractivity contribution in [2.24, 2.45) is 5.92 Å². The van der Waals surface area contributed by atoms with E-state index in [2.05, 4.69) is 45.0 Å². The van der Waals surface area contributed by atoms with Gasteiger partial charge in [0.25, 0.3) is 8.32 Å². The molecule has 0 amide bonds. The molecule has 0 aromatic heterocycles. The summed E-state index contributed by atoms with van der Waals surface area (Å²) in [5.74, 6) is 1.12. The van der Waals surface area contributed by atoms with Crippen molar-refractivity contribution in [3.63, 3.8) is 0 Å². The SMILES string of the molecule is CC(C)OP(=O)(C=CC(CO)CO[Si](c1ccccc1)(c1ccccc1)C(C)(C)C)OC(C)C. The maximum Gasteiger partial charge on any atom is 0.354 e. The van der Waals surface area contributed by atoms with Gasteiger partial charge in [0.2, 0.25) is 0 Å². The van der Waals surface area contributed by atoms with Gasteiger partial charge in [-0.15, -0.1) is 0 Å². The van der Waals surface area contributed by atoms with Gasteiger partial charge in [-0.2, -0.15) is 0 Å². The molecule has 34 heavy (non-hydrogen) atoms. The Morgan fingerprint density at radius 3 is 1.68 bits per heavy atom. The zero-order chi connectivity index (χ0) is 25.4. The standard InChI is InChI=1S/C27H41O5PSi/c1-22(2)31-33(29,32-23(3)4)19-18-24(20-28)21-30-34(27(5,6)7,25-14-10-8-11-15-25)26-16-12-9-13-17-26/h8-19,22-24,28H,20-21H2,1-7H3. The van der Waals surface area contributed by atoms with E-state index >= 15 is 0 Å². The third-order valence-corrected chi connectivity index (χ3v) is 12.4. The highest BCUT2D eigenvalue weighted by Crippen LogP contribution is 2.52. The van der Waals surface area contributed by atoms with Gasteiger partial charge >= 0.3 is 7.60 Å². The van der Waals surface area contributed by atoms with Gasteiger partial charge in [-0.1, -0.05) is 87.5 Å². The fraction of sp³-hybridized carbons (Fsp3) is 0.481. The van der Waals surface area contributed by atoms with Gasteiger partial charge in [0, 0.05) is 18.3 Å². The average molecular weight is 505 g/mol. The van der Waals surface area contributed by atoms with E-state index in [4.69, 9.17) is 13.5 Å². The van der Waals surface area contributed by atoms with Crippen molar-refractivity contribution in [1.29, 1.82) is 0 Å². The van der Waals surface area contributed by atoms with Gasteiger partial charge in [-0.3, -0.25) is 4.57 Å². The molecule has 2 aromatic rings. The van der Waals surface area contributed by atoms with E-state index < -0.39 is 15.9 Å². The quantitative estimate of drug-likeness (QED) is 0.295. The Kier molecular flexibility index (Phi) is 10.5. The van der Waals surface area contributed by atoms with Crippen molar-refractivity contribution in [2.45, 2.75) is 65.7 Å². The number of aliphatic hydroxyl groups excluding tert-OH is 1. The molecule has 0 aliphatic carbocycles. The summed E-state index contributed by atoms with van der Waals surface area (Å²) < 4.78 is 31.3. The zero-order valence-corrected chi connectivity index (χ0v) is 23.5. The molecule has 0 heterocycles. The number of aliphatic hydroxyl groups is 1. The summed E-state index contributed by atoms with van der Waals surface area (Å²) in [4.78, 5) is 0. The molecule has 2 rings (SSSR count). The van der Waals surface area contributed by atoms with Crippen LogP contribution in [0.15, 0.2) is 72.6 Å². The van der Waals surface area contributed by atoms with E-state index in [0.717, 1.165) is 0 Å². The maximum atomic E-state index is 13.2.